The van der Waals surface area contributed by atoms with E-state index in [1.54, 1.807) is 17.6 Å². The van der Waals surface area contributed by atoms with Gasteiger partial charge in [-0.25, -0.2) is 0 Å². The van der Waals surface area contributed by atoms with Crippen LogP contribution in [0.5, 0.6) is 0 Å². The highest BCUT2D eigenvalue weighted by Crippen LogP contribution is 2.36. The molecule has 0 radical (unpaired) electrons. The number of aromatic nitrogens is 1. The lowest BCUT2D eigenvalue weighted by atomic mass is 10.0. The lowest BCUT2D eigenvalue weighted by Crippen LogP contribution is -2.35. The molecule has 176 valence electrons. The number of carboxylic acids is 1. The molecule has 0 aromatic carbocycles. The van der Waals surface area contributed by atoms with Crippen LogP contribution in [0, 0.1) is 18.3 Å². The van der Waals surface area contributed by atoms with Crippen molar-refractivity contribution >= 4 is 52.1 Å². The minimum Gasteiger partial charge on any atom is -0.481 e. The van der Waals surface area contributed by atoms with E-state index in [1.165, 1.54) is 4.90 Å². The van der Waals surface area contributed by atoms with Gasteiger partial charge in [-0.05, 0) is 37.8 Å². The molecule has 0 saturated carbocycles. The molecule has 1 amide bonds. The number of carboxylic acid groups (broad SMARTS) is 1. The van der Waals surface area contributed by atoms with Gasteiger partial charge >= 0.3 is 5.97 Å². The first-order valence-electron chi connectivity index (χ1n) is 11.2. The van der Waals surface area contributed by atoms with Crippen LogP contribution in [0.1, 0.15) is 62.1 Å². The Bertz CT molecular complexity index is 1100. The second-order valence-electron chi connectivity index (χ2n) is 8.18. The summed E-state index contributed by atoms with van der Waals surface area (Å²) >= 11 is 6.45. The predicted octanol–water partition coefficient (Wildman–Crippen LogP) is 3.49. The summed E-state index contributed by atoms with van der Waals surface area (Å²) in [5, 5.41) is 18.7. The number of thioether (sulfide) groups is 1. The van der Waals surface area contributed by atoms with Crippen molar-refractivity contribution in [2.75, 3.05) is 24.5 Å². The fourth-order valence-corrected chi connectivity index (χ4v) is 5.52. The van der Waals surface area contributed by atoms with Crippen LogP contribution in [-0.2, 0) is 16.1 Å². The molecule has 1 aromatic rings. The molecule has 10 heteroatoms. The summed E-state index contributed by atoms with van der Waals surface area (Å²) in [7, 11) is 0. The third-order valence-corrected chi connectivity index (χ3v) is 7.28. The highest BCUT2D eigenvalue weighted by atomic mass is 32.2. The number of hydrogen-bond acceptors (Lipinski definition) is 7. The van der Waals surface area contributed by atoms with Crippen molar-refractivity contribution in [2.24, 2.45) is 0 Å². The summed E-state index contributed by atoms with van der Waals surface area (Å²) in [6.45, 7) is 5.81. The highest BCUT2D eigenvalue weighted by Gasteiger charge is 2.33. The molecule has 3 rings (SSSR count). The molecule has 0 spiro atoms. The second kappa shape index (κ2) is 11.0. The minimum atomic E-state index is -1.00. The SMILES string of the molecule is CCCn1c(N2CCCCCC2)c(/C=C2\SC(=S)N(CCC(=O)O)C2=O)c(C)c(C#N)c1=O. The smallest absolute Gasteiger partial charge is 0.305 e. The average Bonchev–Trinajstić information content (AvgIpc) is 2.94. The van der Waals surface area contributed by atoms with Gasteiger partial charge < -0.3 is 10.0 Å². The topological polar surface area (TPSA) is 107 Å². The lowest BCUT2D eigenvalue weighted by molar-refractivity contribution is -0.137. The van der Waals surface area contributed by atoms with Gasteiger partial charge in [0.25, 0.3) is 11.5 Å². The molecule has 0 unspecified atom stereocenters. The molecule has 33 heavy (non-hydrogen) atoms. The molecule has 8 nitrogen and oxygen atoms in total. The fourth-order valence-electron chi connectivity index (χ4n) is 4.23. The molecule has 1 N–H and O–H groups in total. The molecule has 2 aliphatic rings. The summed E-state index contributed by atoms with van der Waals surface area (Å²) in [4.78, 5) is 41.1. The number of aliphatic carboxylic acids is 1. The number of hydrogen-bond donors (Lipinski definition) is 1. The van der Waals surface area contributed by atoms with Gasteiger partial charge in [-0.1, -0.05) is 43.7 Å². The van der Waals surface area contributed by atoms with E-state index in [2.05, 4.69) is 11.0 Å². The molecule has 0 aliphatic carbocycles. The maximum absolute atomic E-state index is 13.2. The average molecular weight is 489 g/mol. The summed E-state index contributed by atoms with van der Waals surface area (Å²) in [5.41, 5.74) is 1.00. The number of thiocarbonyl (C=S) groups is 1. The molecule has 0 bridgehead atoms. The van der Waals surface area contributed by atoms with Gasteiger partial charge in [-0.2, -0.15) is 5.26 Å². The van der Waals surface area contributed by atoms with Crippen molar-refractivity contribution in [3.63, 3.8) is 0 Å². The van der Waals surface area contributed by atoms with E-state index in [-0.39, 0.29) is 30.0 Å². The van der Waals surface area contributed by atoms with E-state index < -0.39 is 5.97 Å². The van der Waals surface area contributed by atoms with Gasteiger partial charge in [0.1, 0.15) is 21.8 Å². The lowest BCUT2D eigenvalue weighted by Gasteiger charge is -2.29. The zero-order valence-electron chi connectivity index (χ0n) is 18.9. The number of anilines is 1. The Morgan fingerprint density at radius 3 is 2.45 bits per heavy atom. The molecule has 3 heterocycles. The van der Waals surface area contributed by atoms with E-state index >= 15 is 0 Å². The van der Waals surface area contributed by atoms with Crippen LogP contribution >= 0.6 is 24.0 Å². The molecule has 2 fully saturated rings. The quantitative estimate of drug-likeness (QED) is 0.459. The Balaban J connectivity index is 2.17. The van der Waals surface area contributed by atoms with Crippen LogP contribution in [0.3, 0.4) is 0 Å². The van der Waals surface area contributed by atoms with Crippen LogP contribution in [0.15, 0.2) is 9.70 Å². The van der Waals surface area contributed by atoms with Crippen molar-refractivity contribution in [1.82, 2.24) is 9.47 Å². The van der Waals surface area contributed by atoms with Crippen LogP contribution < -0.4 is 10.5 Å². The second-order valence-corrected chi connectivity index (χ2v) is 9.86. The maximum atomic E-state index is 13.2. The molecule has 1 aromatic heterocycles. The number of nitrogens with zero attached hydrogens (tertiary/aromatic N) is 4. The largest absolute Gasteiger partial charge is 0.481 e. The Morgan fingerprint density at radius 1 is 1.21 bits per heavy atom. The monoisotopic (exact) mass is 488 g/mol. The van der Waals surface area contributed by atoms with Gasteiger partial charge in [-0.3, -0.25) is 23.9 Å². The summed E-state index contributed by atoms with van der Waals surface area (Å²) in [6, 6.07) is 2.06. The van der Waals surface area contributed by atoms with Crippen molar-refractivity contribution in [2.45, 2.75) is 58.9 Å². The van der Waals surface area contributed by atoms with Gasteiger partial charge in [0.15, 0.2) is 0 Å². The molecule has 0 atom stereocenters. The van der Waals surface area contributed by atoms with Gasteiger partial charge in [0.2, 0.25) is 0 Å². The van der Waals surface area contributed by atoms with Crippen molar-refractivity contribution in [1.29, 1.82) is 5.26 Å². The van der Waals surface area contributed by atoms with Crippen molar-refractivity contribution in [3.8, 4) is 6.07 Å². The molecular formula is C23H28N4O4S2. The van der Waals surface area contributed by atoms with Crippen LogP contribution in [-0.4, -0.2) is 50.4 Å². The molecule has 2 aliphatic heterocycles. The van der Waals surface area contributed by atoms with Crippen LogP contribution in [0.4, 0.5) is 5.82 Å². The molecular weight excluding hydrogens is 460 g/mol. The first-order chi connectivity index (χ1) is 15.8. The number of nitriles is 1. The normalized spacial score (nSPS) is 18.0. The van der Waals surface area contributed by atoms with E-state index in [9.17, 15) is 19.6 Å². The Hall–Kier alpha value is -2.64. The number of amides is 1. The first-order valence-corrected chi connectivity index (χ1v) is 12.4. The first kappa shape index (κ1) is 25.0. The zero-order valence-corrected chi connectivity index (χ0v) is 20.6. The van der Waals surface area contributed by atoms with Gasteiger partial charge in [0.05, 0.1) is 11.3 Å². The van der Waals surface area contributed by atoms with Crippen LogP contribution in [0.25, 0.3) is 6.08 Å². The maximum Gasteiger partial charge on any atom is 0.305 e. The number of rotatable bonds is 7. The van der Waals surface area contributed by atoms with E-state index in [1.807, 2.05) is 6.92 Å². The van der Waals surface area contributed by atoms with E-state index in [4.69, 9.17) is 17.3 Å². The number of pyridine rings is 1. The Morgan fingerprint density at radius 2 is 1.88 bits per heavy atom. The van der Waals surface area contributed by atoms with Crippen molar-refractivity contribution < 1.29 is 14.7 Å². The third-order valence-electron chi connectivity index (χ3n) is 5.90. The zero-order chi connectivity index (χ0) is 24.1. The fraction of sp³-hybridized carbons (Fsp3) is 0.522. The van der Waals surface area contributed by atoms with Crippen LogP contribution in [0.2, 0.25) is 0 Å². The molecule has 2 saturated heterocycles. The highest BCUT2D eigenvalue weighted by molar-refractivity contribution is 8.26. The Labute approximate surface area is 202 Å². The van der Waals surface area contributed by atoms with Gasteiger partial charge in [-0.15, -0.1) is 0 Å². The summed E-state index contributed by atoms with van der Waals surface area (Å²) in [5.74, 6) is -0.604. The van der Waals surface area contributed by atoms with E-state index in [0.717, 1.165) is 62.8 Å². The summed E-state index contributed by atoms with van der Waals surface area (Å²) < 4.78 is 1.98. The Kier molecular flexibility index (Phi) is 8.32. The van der Waals surface area contributed by atoms with Crippen molar-refractivity contribution in [3.05, 3.63) is 31.9 Å². The number of carbonyl (C=O) groups is 2. The van der Waals surface area contributed by atoms with Gasteiger partial charge in [0, 0.05) is 31.7 Å². The standard InChI is InChI=1S/C23H28N4O4S2/c1-3-9-26-20(25-10-6-4-5-7-11-25)16(15(2)17(14-24)21(26)30)13-18-22(31)27(23(32)33-18)12-8-19(28)29/h13H,3-12H2,1-2H3,(H,28,29)/b18-13-. The predicted molar refractivity (Wildman–Crippen MR) is 133 cm³/mol. The van der Waals surface area contributed by atoms with E-state index in [0.29, 0.717) is 26.9 Å². The minimum absolute atomic E-state index is 0.00802. The number of carbonyl (C=O) groups excluding carboxylic acids is 1. The summed E-state index contributed by atoms with van der Waals surface area (Å²) in [6.07, 6.45) is 6.53. The third kappa shape index (κ3) is 5.31.